The van der Waals surface area contributed by atoms with E-state index in [0.29, 0.717) is 10.8 Å². The SMILES string of the molecule is CC(C)(C)OC(=O)c1ccc(B2OC(C)(C)C(C)(C)O2)cn1.CC(C)(C)OC(=O)c1ccc(Br)cn1.CC1(C)OB(B2OC(C)(C)C(C)(C)O2)OC1(C)C.Clc1cnccn1. The van der Waals surface area contributed by atoms with Crippen LogP contribution in [0.5, 0.6) is 0 Å². The molecule has 0 bridgehead atoms. The van der Waals surface area contributed by atoms with Crippen LogP contribution in [0.4, 0.5) is 0 Å². The van der Waals surface area contributed by atoms with Crippen molar-refractivity contribution < 1.29 is 47.0 Å². The number of ether oxygens (including phenoxy) is 2. The lowest BCUT2D eigenvalue weighted by molar-refractivity contribution is 0.00505. The van der Waals surface area contributed by atoms with E-state index >= 15 is 0 Å². The maximum Gasteiger partial charge on any atom is 0.496 e. The molecule has 3 fully saturated rings. The van der Waals surface area contributed by atoms with Gasteiger partial charge in [-0.15, -0.1) is 0 Å². The Morgan fingerprint density at radius 1 is 0.557 bits per heavy atom. The summed E-state index contributed by atoms with van der Waals surface area (Å²) >= 11 is 8.61. The summed E-state index contributed by atoms with van der Waals surface area (Å²) in [7, 11) is -1.43. The summed E-state index contributed by atoms with van der Waals surface area (Å²) in [6, 6.07) is 6.80. The number of rotatable bonds is 4. The lowest BCUT2D eigenvalue weighted by Gasteiger charge is -2.32. The molecule has 0 unspecified atom stereocenters. The highest BCUT2D eigenvalue weighted by Crippen LogP contribution is 2.43. The van der Waals surface area contributed by atoms with Crippen LogP contribution in [-0.2, 0) is 37.4 Å². The van der Waals surface area contributed by atoms with Crippen molar-refractivity contribution in [2.24, 2.45) is 0 Å². The van der Waals surface area contributed by atoms with Crippen LogP contribution < -0.4 is 5.46 Å². The first-order chi connectivity index (χ1) is 27.6. The smallest absolute Gasteiger partial charge is 0.455 e. The second kappa shape index (κ2) is 19.4. The van der Waals surface area contributed by atoms with E-state index in [2.05, 4.69) is 35.9 Å². The molecule has 3 aromatic heterocycles. The largest absolute Gasteiger partial charge is 0.496 e. The fourth-order valence-corrected chi connectivity index (χ4v) is 5.43. The minimum Gasteiger partial charge on any atom is -0.455 e. The first-order valence-corrected chi connectivity index (χ1v) is 21.3. The standard InChI is InChI=1S/C16H24BNO4.C12H24B2O4.C10H12BrNO2.C4H3ClN2/c1-14(2,3)20-13(19)12-9-8-11(10-18-12)17-21-15(4,5)16(6,7)22-17;1-9(2)10(3,4)16-13(15-9)14-17-11(5,6)12(7,8)18-14;1-10(2,3)14-9(13)8-5-4-7(11)6-12-8;5-4-3-6-1-2-7-4/h8-10H,1-7H3;1-8H3;4-6H,1-3H3;1-3H. The molecule has 6 heterocycles. The number of pyridine rings is 2. The second-order valence-corrected chi connectivity index (χ2v) is 21.0. The van der Waals surface area contributed by atoms with E-state index < -0.39 is 55.5 Å². The number of esters is 2. The van der Waals surface area contributed by atoms with Crippen molar-refractivity contribution in [2.75, 3.05) is 0 Å². The summed E-state index contributed by atoms with van der Waals surface area (Å²) in [4.78, 5) is 38.9. The average molecular weight is 932 g/mol. The first kappa shape index (κ1) is 52.4. The number of hydrogen-bond acceptors (Lipinski definition) is 14. The lowest BCUT2D eigenvalue weighted by atomic mass is 9.49. The molecule has 334 valence electrons. The molecule has 3 saturated heterocycles. The Bertz CT molecular complexity index is 1840. The minimum absolute atomic E-state index is 0.273. The highest BCUT2D eigenvalue weighted by Gasteiger charge is 2.63. The van der Waals surface area contributed by atoms with Gasteiger partial charge in [0, 0.05) is 34.7 Å². The quantitative estimate of drug-likeness (QED) is 0.181. The fraction of sp³-hybridized carbons (Fsp3) is 0.619. The van der Waals surface area contributed by atoms with Gasteiger partial charge in [-0.05, 0) is 159 Å². The average Bonchev–Trinajstić information content (AvgIpc) is 3.57. The summed E-state index contributed by atoms with van der Waals surface area (Å²) in [5, 5.41) is 0.433. The molecule has 6 rings (SSSR count). The van der Waals surface area contributed by atoms with Crippen molar-refractivity contribution in [3.8, 4) is 0 Å². The molecule has 3 aliphatic rings. The molecule has 0 atom stereocenters. The number of hydrogen-bond donors (Lipinski definition) is 0. The molecule has 0 saturated carbocycles. The molecular weight excluding hydrogens is 868 g/mol. The molecular formula is C42H63B3BrClN4O10. The van der Waals surface area contributed by atoms with E-state index in [9.17, 15) is 9.59 Å². The van der Waals surface area contributed by atoms with Gasteiger partial charge >= 0.3 is 33.1 Å². The Morgan fingerprint density at radius 2 is 0.934 bits per heavy atom. The summed E-state index contributed by atoms with van der Waals surface area (Å²) in [6.07, 6.45) is 7.77. The van der Waals surface area contributed by atoms with Crippen LogP contribution in [0.25, 0.3) is 0 Å². The van der Waals surface area contributed by atoms with Crippen molar-refractivity contribution in [2.45, 2.75) is 169 Å². The third-order valence-electron chi connectivity index (χ3n) is 10.6. The van der Waals surface area contributed by atoms with Gasteiger partial charge in [0.25, 0.3) is 0 Å². The van der Waals surface area contributed by atoms with Crippen molar-refractivity contribution in [3.63, 3.8) is 0 Å². The van der Waals surface area contributed by atoms with Crippen LogP contribution in [0.1, 0.15) is 146 Å². The van der Waals surface area contributed by atoms with E-state index in [1.807, 2.05) is 125 Å². The van der Waals surface area contributed by atoms with Crippen molar-refractivity contribution in [1.82, 2.24) is 19.9 Å². The van der Waals surface area contributed by atoms with E-state index in [-0.39, 0.29) is 28.1 Å². The first-order valence-electron chi connectivity index (χ1n) is 20.1. The molecule has 19 heteroatoms. The van der Waals surface area contributed by atoms with Crippen molar-refractivity contribution in [1.29, 1.82) is 0 Å². The molecule has 61 heavy (non-hydrogen) atoms. The van der Waals surface area contributed by atoms with Crippen LogP contribution in [0.2, 0.25) is 5.15 Å². The van der Waals surface area contributed by atoms with E-state index in [0.717, 1.165) is 9.94 Å². The number of carbonyl (C=O) groups excluding carboxylic acids is 2. The van der Waals surface area contributed by atoms with Crippen LogP contribution in [0.3, 0.4) is 0 Å². The van der Waals surface area contributed by atoms with Gasteiger partial charge in [0.1, 0.15) is 27.7 Å². The predicted molar refractivity (Wildman–Crippen MR) is 241 cm³/mol. The zero-order valence-corrected chi connectivity index (χ0v) is 41.4. The number of halogens is 2. The molecule has 14 nitrogen and oxygen atoms in total. The Balaban J connectivity index is 0.000000230. The highest BCUT2D eigenvalue weighted by molar-refractivity contribution is 9.10. The predicted octanol–water partition coefficient (Wildman–Crippen LogP) is 8.51. The van der Waals surface area contributed by atoms with E-state index in [4.69, 9.17) is 49.0 Å². The Hall–Kier alpha value is -2.96. The minimum atomic E-state index is -0.539. The summed E-state index contributed by atoms with van der Waals surface area (Å²) in [5.74, 6) is -0.835. The van der Waals surface area contributed by atoms with Gasteiger partial charge in [-0.2, -0.15) is 0 Å². The molecule has 0 aromatic carbocycles. The van der Waals surface area contributed by atoms with Crippen molar-refractivity contribution >= 4 is 66.1 Å². The van der Waals surface area contributed by atoms with Gasteiger partial charge in [-0.3, -0.25) is 4.98 Å². The topological polar surface area (TPSA) is 160 Å². The molecule has 0 aliphatic carbocycles. The maximum absolute atomic E-state index is 12.0. The van der Waals surface area contributed by atoms with Crippen LogP contribution in [-0.4, -0.2) is 97.8 Å². The van der Waals surface area contributed by atoms with Gasteiger partial charge in [0.05, 0.1) is 39.8 Å². The Labute approximate surface area is 377 Å². The van der Waals surface area contributed by atoms with Gasteiger partial charge in [0.15, 0.2) is 0 Å². The van der Waals surface area contributed by atoms with Gasteiger partial charge in [-0.25, -0.2) is 24.5 Å². The maximum atomic E-state index is 12.0. The van der Waals surface area contributed by atoms with E-state index in [1.165, 1.54) is 6.20 Å². The zero-order chi connectivity index (χ0) is 46.6. The summed E-state index contributed by atoms with van der Waals surface area (Å²) < 4.78 is 47.0. The van der Waals surface area contributed by atoms with Gasteiger partial charge in [0.2, 0.25) is 0 Å². The third-order valence-corrected chi connectivity index (χ3v) is 11.2. The number of carbonyl (C=O) groups is 2. The molecule has 0 spiro atoms. The van der Waals surface area contributed by atoms with Crippen LogP contribution in [0, 0.1) is 0 Å². The molecule has 0 N–H and O–H groups in total. The Kier molecular flexibility index (Phi) is 16.7. The number of nitrogens with zero attached hydrogens (tertiary/aromatic N) is 4. The zero-order valence-electron chi connectivity index (χ0n) is 39.1. The van der Waals surface area contributed by atoms with Crippen LogP contribution >= 0.6 is 27.5 Å². The molecule has 3 aromatic rings. The third kappa shape index (κ3) is 14.8. The molecule has 0 amide bonds. The monoisotopic (exact) mass is 930 g/mol. The molecule has 3 aliphatic heterocycles. The summed E-state index contributed by atoms with van der Waals surface area (Å²) in [5.41, 5.74) is -1.88. The number of aromatic nitrogens is 4. The molecule has 0 radical (unpaired) electrons. The second-order valence-electron chi connectivity index (χ2n) is 19.7. The summed E-state index contributed by atoms with van der Waals surface area (Å²) in [6.45, 7) is 35.1. The van der Waals surface area contributed by atoms with Crippen LogP contribution in [0.15, 0.2) is 59.7 Å². The highest BCUT2D eigenvalue weighted by atomic mass is 79.9. The Morgan fingerprint density at radius 3 is 1.21 bits per heavy atom. The lowest BCUT2D eigenvalue weighted by Crippen LogP contribution is -2.41. The van der Waals surface area contributed by atoms with E-state index in [1.54, 1.807) is 49.1 Å². The normalized spacial score (nSPS) is 20.2. The van der Waals surface area contributed by atoms with Gasteiger partial charge in [-0.1, -0.05) is 17.7 Å². The van der Waals surface area contributed by atoms with Crippen molar-refractivity contribution in [3.05, 3.63) is 76.3 Å². The van der Waals surface area contributed by atoms with Gasteiger partial charge < -0.3 is 37.4 Å². The fourth-order valence-electron chi connectivity index (χ4n) is 5.08.